The number of carbonyl (C=O) groups is 4. The first-order chi connectivity index (χ1) is 19.6. The van der Waals surface area contributed by atoms with Crippen LogP contribution in [0.4, 0.5) is 0 Å². The summed E-state index contributed by atoms with van der Waals surface area (Å²) < 4.78 is 10.7. The standard InChI is InChI=1S/C31H45N3O7/c1-19(32-29(38)22-10-12-23(35)13-11-22)28(37)34-26(17-21-8-14-24(40-3)15-9-21)30(39)33-25(16-20-6-4-5-7-20)27(36)31(2)18-41-31/h8-9,14-15,19-20,22-23,25-26,35H,4-7,10-13,16-18H2,1-3H3,(H,32,38)(H,33,39)(H,34,37)/t19-,22?,23?,25+,26+,31+/m1/s1. The molecule has 0 spiro atoms. The molecule has 0 aromatic heterocycles. The monoisotopic (exact) mass is 571 g/mol. The summed E-state index contributed by atoms with van der Waals surface area (Å²) in [7, 11) is 1.57. The minimum absolute atomic E-state index is 0.134. The highest BCUT2D eigenvalue weighted by Gasteiger charge is 2.50. The quantitative estimate of drug-likeness (QED) is 0.266. The van der Waals surface area contributed by atoms with Crippen LogP contribution in [0.3, 0.4) is 0 Å². The second kappa shape index (κ2) is 13.8. The lowest BCUT2D eigenvalue weighted by Gasteiger charge is -2.28. The fraction of sp³-hybridized carbons (Fsp3) is 0.677. The maximum Gasteiger partial charge on any atom is 0.243 e. The summed E-state index contributed by atoms with van der Waals surface area (Å²) in [6.07, 6.45) is 6.93. The Morgan fingerprint density at radius 2 is 1.56 bits per heavy atom. The van der Waals surface area contributed by atoms with E-state index in [0.717, 1.165) is 31.2 Å². The van der Waals surface area contributed by atoms with Gasteiger partial charge < -0.3 is 30.5 Å². The minimum atomic E-state index is -0.966. The van der Waals surface area contributed by atoms with Crippen LogP contribution in [0.5, 0.6) is 5.75 Å². The number of aliphatic hydroxyl groups is 1. The fourth-order valence-corrected chi connectivity index (χ4v) is 5.94. The van der Waals surface area contributed by atoms with Crippen molar-refractivity contribution in [3.63, 3.8) is 0 Å². The third kappa shape index (κ3) is 8.52. The molecule has 3 fully saturated rings. The minimum Gasteiger partial charge on any atom is -0.497 e. The summed E-state index contributed by atoms with van der Waals surface area (Å²) in [5.41, 5.74) is -0.0703. The van der Waals surface area contributed by atoms with E-state index < -0.39 is 35.5 Å². The van der Waals surface area contributed by atoms with Crippen LogP contribution >= 0.6 is 0 Å². The number of hydrogen-bond acceptors (Lipinski definition) is 7. The number of benzene rings is 1. The van der Waals surface area contributed by atoms with Crippen molar-refractivity contribution < 1.29 is 33.8 Å². The van der Waals surface area contributed by atoms with E-state index in [1.54, 1.807) is 33.1 Å². The molecule has 1 heterocycles. The highest BCUT2D eigenvalue weighted by molar-refractivity contribution is 5.98. The average molecular weight is 572 g/mol. The van der Waals surface area contributed by atoms with Gasteiger partial charge in [0, 0.05) is 12.3 Å². The van der Waals surface area contributed by atoms with E-state index in [4.69, 9.17) is 9.47 Å². The maximum atomic E-state index is 13.7. The Bertz CT molecular complexity index is 1070. The lowest BCUT2D eigenvalue weighted by atomic mass is 9.87. The van der Waals surface area contributed by atoms with Crippen molar-refractivity contribution in [3.8, 4) is 5.75 Å². The van der Waals surface area contributed by atoms with Crippen molar-refractivity contribution in [2.75, 3.05) is 13.7 Å². The van der Waals surface area contributed by atoms with Gasteiger partial charge in [0.1, 0.15) is 23.4 Å². The molecular formula is C31H45N3O7. The Hall–Kier alpha value is -2.98. The molecule has 2 saturated carbocycles. The second-order valence-corrected chi connectivity index (χ2v) is 12.2. The van der Waals surface area contributed by atoms with Crippen LogP contribution in [0.25, 0.3) is 0 Å². The number of amides is 3. The molecule has 1 aliphatic heterocycles. The van der Waals surface area contributed by atoms with Crippen molar-refractivity contribution in [1.29, 1.82) is 0 Å². The lowest BCUT2D eigenvalue weighted by molar-refractivity contribution is -0.135. The van der Waals surface area contributed by atoms with E-state index in [-0.39, 0.29) is 30.1 Å². The third-order valence-corrected chi connectivity index (χ3v) is 8.83. The molecule has 1 saturated heterocycles. The first-order valence-electron chi connectivity index (χ1n) is 15.0. The molecule has 0 bridgehead atoms. The average Bonchev–Trinajstić information content (AvgIpc) is 3.50. The topological polar surface area (TPSA) is 146 Å². The van der Waals surface area contributed by atoms with E-state index >= 15 is 0 Å². The highest BCUT2D eigenvalue weighted by Crippen LogP contribution is 2.33. The predicted molar refractivity (Wildman–Crippen MR) is 152 cm³/mol. The van der Waals surface area contributed by atoms with Crippen LogP contribution in [0.1, 0.15) is 77.2 Å². The lowest BCUT2D eigenvalue weighted by Crippen LogP contribution is -2.57. The second-order valence-electron chi connectivity index (χ2n) is 12.2. The molecule has 41 heavy (non-hydrogen) atoms. The van der Waals surface area contributed by atoms with Gasteiger partial charge in [-0.3, -0.25) is 19.2 Å². The number of ether oxygens (including phenoxy) is 2. The zero-order valence-electron chi connectivity index (χ0n) is 24.4. The normalized spacial score (nSPS) is 26.3. The Balaban J connectivity index is 1.45. The molecule has 3 amide bonds. The summed E-state index contributed by atoms with van der Waals surface area (Å²) in [5, 5.41) is 18.3. The van der Waals surface area contributed by atoms with E-state index in [9.17, 15) is 24.3 Å². The SMILES string of the molecule is COc1ccc(C[C@H](NC(=O)[C@@H](C)NC(=O)C2CCC(O)CC2)C(=O)N[C@@H](CC2CCCC2)C(=O)[C@]2(C)CO2)cc1. The van der Waals surface area contributed by atoms with Gasteiger partial charge in [0.15, 0.2) is 5.78 Å². The smallest absolute Gasteiger partial charge is 0.243 e. The van der Waals surface area contributed by atoms with Crippen molar-refractivity contribution in [1.82, 2.24) is 16.0 Å². The first-order valence-corrected chi connectivity index (χ1v) is 15.0. The first kappa shape index (κ1) is 31.0. The predicted octanol–water partition coefficient (Wildman–Crippen LogP) is 2.20. The Morgan fingerprint density at radius 1 is 0.951 bits per heavy atom. The van der Waals surface area contributed by atoms with Crippen LogP contribution in [0.2, 0.25) is 0 Å². The molecule has 1 aromatic rings. The number of Topliss-reactive ketones (excluding diaryl/α,β-unsaturated/α-hetero) is 1. The van der Waals surface area contributed by atoms with E-state index in [1.165, 1.54) is 0 Å². The number of methoxy groups -OCH3 is 1. The summed E-state index contributed by atoms with van der Waals surface area (Å²) in [4.78, 5) is 53.0. The largest absolute Gasteiger partial charge is 0.497 e. The fourth-order valence-electron chi connectivity index (χ4n) is 5.94. The van der Waals surface area contributed by atoms with Gasteiger partial charge in [-0.2, -0.15) is 0 Å². The van der Waals surface area contributed by atoms with Crippen molar-refractivity contribution in [2.45, 2.75) is 108 Å². The van der Waals surface area contributed by atoms with E-state index in [1.807, 2.05) is 12.1 Å². The van der Waals surface area contributed by atoms with Gasteiger partial charge in [0.05, 0.1) is 25.9 Å². The summed E-state index contributed by atoms with van der Waals surface area (Å²) >= 11 is 0. The highest BCUT2D eigenvalue weighted by atomic mass is 16.6. The molecule has 10 heteroatoms. The molecule has 226 valence electrons. The Kier molecular flexibility index (Phi) is 10.4. The van der Waals surface area contributed by atoms with Crippen molar-refractivity contribution in [3.05, 3.63) is 29.8 Å². The zero-order valence-corrected chi connectivity index (χ0v) is 24.4. The zero-order chi connectivity index (χ0) is 29.6. The number of epoxide rings is 1. The molecule has 3 aliphatic rings. The van der Waals surface area contributed by atoms with Gasteiger partial charge >= 0.3 is 0 Å². The molecule has 2 aliphatic carbocycles. The van der Waals surface area contributed by atoms with Gasteiger partial charge in [0.25, 0.3) is 0 Å². The number of ketones is 1. The number of carbonyl (C=O) groups excluding carboxylic acids is 4. The molecule has 10 nitrogen and oxygen atoms in total. The van der Waals surface area contributed by atoms with Crippen LogP contribution in [0, 0.1) is 11.8 Å². The summed E-state index contributed by atoms with van der Waals surface area (Å²) in [5.74, 6) is -0.516. The number of rotatable bonds is 13. The Labute approximate surface area is 242 Å². The van der Waals surface area contributed by atoms with E-state index in [0.29, 0.717) is 50.4 Å². The van der Waals surface area contributed by atoms with E-state index in [2.05, 4.69) is 16.0 Å². The molecule has 4 N–H and O–H groups in total. The molecule has 1 aromatic carbocycles. The van der Waals surface area contributed by atoms with Gasteiger partial charge in [0.2, 0.25) is 17.7 Å². The molecular weight excluding hydrogens is 526 g/mol. The molecule has 4 rings (SSSR count). The summed E-state index contributed by atoms with van der Waals surface area (Å²) in [6.45, 7) is 3.67. The van der Waals surface area contributed by atoms with Gasteiger partial charge in [-0.1, -0.05) is 37.8 Å². The number of aliphatic hydroxyl groups excluding tert-OH is 1. The van der Waals surface area contributed by atoms with Gasteiger partial charge in [-0.25, -0.2) is 0 Å². The third-order valence-electron chi connectivity index (χ3n) is 8.83. The van der Waals surface area contributed by atoms with Crippen LogP contribution < -0.4 is 20.7 Å². The van der Waals surface area contributed by atoms with Crippen molar-refractivity contribution in [2.24, 2.45) is 11.8 Å². The summed E-state index contributed by atoms with van der Waals surface area (Å²) in [6, 6.07) is 4.69. The van der Waals surface area contributed by atoms with Crippen LogP contribution in [0.15, 0.2) is 24.3 Å². The maximum absolute atomic E-state index is 13.7. The van der Waals surface area contributed by atoms with Crippen molar-refractivity contribution >= 4 is 23.5 Å². The van der Waals surface area contributed by atoms with Crippen LogP contribution in [-0.2, 0) is 30.3 Å². The molecule has 4 atom stereocenters. The van der Waals surface area contributed by atoms with Crippen LogP contribution in [-0.4, -0.2) is 72.2 Å². The molecule has 0 radical (unpaired) electrons. The van der Waals surface area contributed by atoms with Gasteiger partial charge in [-0.15, -0.1) is 0 Å². The van der Waals surface area contributed by atoms with Gasteiger partial charge in [-0.05, 0) is 69.6 Å². The Morgan fingerprint density at radius 3 is 2.15 bits per heavy atom. The molecule has 0 unspecified atom stereocenters. The number of hydrogen-bond donors (Lipinski definition) is 4. The number of nitrogens with one attached hydrogen (secondary N) is 3.